The van der Waals surface area contributed by atoms with Gasteiger partial charge in [-0.1, -0.05) is 68.4 Å². The minimum absolute atomic E-state index is 0.0864. The van der Waals surface area contributed by atoms with Crippen LogP contribution in [0.4, 0.5) is 23.7 Å². The van der Waals surface area contributed by atoms with E-state index in [1.165, 1.54) is 16.7 Å². The first-order valence-corrected chi connectivity index (χ1v) is 13.3. The van der Waals surface area contributed by atoms with Crippen molar-refractivity contribution in [3.05, 3.63) is 90.0 Å². The summed E-state index contributed by atoms with van der Waals surface area (Å²) in [5.41, 5.74) is 5.55. The second-order valence-electron chi connectivity index (χ2n) is 10.2. The van der Waals surface area contributed by atoms with Crippen molar-refractivity contribution in [2.75, 3.05) is 39.0 Å². The molecule has 0 aliphatic heterocycles. The lowest BCUT2D eigenvalue weighted by Crippen LogP contribution is -2.39. The number of hydrogen-bond donors (Lipinski definition) is 3. The van der Waals surface area contributed by atoms with E-state index < -0.39 is 12.1 Å². The Kier molecular flexibility index (Phi) is 13.3. The van der Waals surface area contributed by atoms with Gasteiger partial charge in [0.05, 0.1) is 0 Å². The first-order valence-electron chi connectivity index (χ1n) is 13.3. The van der Waals surface area contributed by atoms with Gasteiger partial charge in [-0.3, -0.25) is 0 Å². The number of urea groups is 1. The highest BCUT2D eigenvalue weighted by Crippen LogP contribution is 2.23. The van der Waals surface area contributed by atoms with Crippen LogP contribution >= 0.6 is 0 Å². The van der Waals surface area contributed by atoms with Crippen molar-refractivity contribution in [1.29, 1.82) is 0 Å². The quantitative estimate of drug-likeness (QED) is 0.250. The molecule has 0 atom stereocenters. The van der Waals surface area contributed by atoms with Crippen LogP contribution in [0.3, 0.4) is 0 Å². The van der Waals surface area contributed by atoms with Crippen molar-refractivity contribution in [2.24, 2.45) is 5.92 Å². The molecule has 3 N–H and O–H groups in total. The molecule has 0 saturated carbocycles. The molecular formula is C31H39F3N4O3. The molecule has 0 unspecified atom stereocenters. The topological polar surface area (TPSA) is 84.9 Å². The summed E-state index contributed by atoms with van der Waals surface area (Å²) in [5.74, 6) is -2.12. The lowest BCUT2D eigenvalue weighted by Gasteiger charge is -2.25. The second kappa shape index (κ2) is 16.4. The largest absolute Gasteiger partial charge is 0.490 e. The molecule has 10 heteroatoms. The van der Waals surface area contributed by atoms with E-state index in [4.69, 9.17) is 9.90 Å². The van der Waals surface area contributed by atoms with Crippen LogP contribution in [0.15, 0.2) is 78.9 Å². The van der Waals surface area contributed by atoms with Crippen LogP contribution in [0.2, 0.25) is 0 Å². The fraction of sp³-hybridized carbons (Fsp3) is 0.355. The third-order valence-corrected chi connectivity index (χ3v) is 5.81. The summed E-state index contributed by atoms with van der Waals surface area (Å²) < 4.78 is 31.7. The third kappa shape index (κ3) is 12.9. The Labute approximate surface area is 240 Å². The number of likely N-dealkylation sites (N-methyl/N-ethyl adjacent to an activating group) is 1. The maximum absolute atomic E-state index is 13.1. The average molecular weight is 573 g/mol. The first-order chi connectivity index (χ1) is 19.3. The molecule has 0 radical (unpaired) electrons. The zero-order valence-corrected chi connectivity index (χ0v) is 23.9. The average Bonchev–Trinajstić information content (AvgIpc) is 2.91. The van der Waals surface area contributed by atoms with E-state index in [0.29, 0.717) is 19.0 Å². The highest BCUT2D eigenvalue weighted by molar-refractivity contribution is 5.89. The van der Waals surface area contributed by atoms with Crippen molar-refractivity contribution < 1.29 is 27.9 Å². The summed E-state index contributed by atoms with van der Waals surface area (Å²) >= 11 is 0. The third-order valence-electron chi connectivity index (χ3n) is 5.81. The van der Waals surface area contributed by atoms with Gasteiger partial charge in [0.25, 0.3) is 0 Å². The summed E-state index contributed by atoms with van der Waals surface area (Å²) in [7, 11) is 4.05. The Hall–Kier alpha value is -3.89. The van der Waals surface area contributed by atoms with E-state index in [1.807, 2.05) is 49.3 Å². The van der Waals surface area contributed by atoms with Crippen LogP contribution < -0.4 is 10.6 Å². The molecule has 7 nitrogen and oxygen atoms in total. The molecular weight excluding hydrogens is 533 g/mol. The number of carbonyl (C=O) groups excluding carboxylic acids is 1. The van der Waals surface area contributed by atoms with Crippen molar-refractivity contribution in [3.63, 3.8) is 0 Å². The van der Waals surface area contributed by atoms with E-state index in [1.54, 1.807) is 0 Å². The number of aliphatic carboxylic acids is 1. The monoisotopic (exact) mass is 572 g/mol. The van der Waals surface area contributed by atoms with Gasteiger partial charge >= 0.3 is 18.2 Å². The predicted molar refractivity (Wildman–Crippen MR) is 157 cm³/mol. The van der Waals surface area contributed by atoms with Crippen LogP contribution in [0, 0.1) is 5.92 Å². The van der Waals surface area contributed by atoms with Crippen LogP contribution in [-0.4, -0.2) is 66.8 Å². The van der Waals surface area contributed by atoms with Crippen LogP contribution in [0.25, 0.3) is 11.1 Å². The number of nitrogens with one attached hydrogen (secondary N) is 2. The van der Waals surface area contributed by atoms with Gasteiger partial charge in [0, 0.05) is 31.9 Å². The zero-order valence-electron chi connectivity index (χ0n) is 23.9. The van der Waals surface area contributed by atoms with Crippen LogP contribution in [0.5, 0.6) is 0 Å². The number of amides is 2. The number of anilines is 1. The van der Waals surface area contributed by atoms with Crippen LogP contribution in [0.1, 0.15) is 25.0 Å². The Morgan fingerprint density at radius 2 is 1.41 bits per heavy atom. The van der Waals surface area contributed by atoms with Gasteiger partial charge in [-0.15, -0.1) is 0 Å². The van der Waals surface area contributed by atoms with Crippen LogP contribution in [-0.2, 0) is 17.9 Å². The Morgan fingerprint density at radius 1 is 0.854 bits per heavy atom. The minimum Gasteiger partial charge on any atom is -0.475 e. The molecule has 0 aliphatic rings. The molecule has 0 fully saturated rings. The molecule has 0 bridgehead atoms. The fourth-order valence-corrected chi connectivity index (χ4v) is 3.73. The molecule has 0 aliphatic carbocycles. The lowest BCUT2D eigenvalue weighted by molar-refractivity contribution is -0.192. The number of rotatable bonds is 11. The van der Waals surface area contributed by atoms with E-state index in [0.717, 1.165) is 30.9 Å². The van der Waals surface area contributed by atoms with E-state index in [2.05, 4.69) is 77.9 Å². The summed E-state index contributed by atoms with van der Waals surface area (Å²) in [6, 6.07) is 26.7. The summed E-state index contributed by atoms with van der Waals surface area (Å²) in [6.45, 7) is 8.31. The van der Waals surface area contributed by atoms with Gasteiger partial charge in [-0.25, -0.2) is 9.59 Å². The SMILES string of the molecule is CC(C)CNCc1cccc(-c2cccc(CN(CCN(C)C)C(=O)Nc3ccccc3)c2)c1.O=C(O)C(F)(F)F. The number of carbonyl (C=O) groups is 2. The highest BCUT2D eigenvalue weighted by Gasteiger charge is 2.38. The highest BCUT2D eigenvalue weighted by atomic mass is 19.4. The van der Waals surface area contributed by atoms with Gasteiger partial charge in [-0.2, -0.15) is 13.2 Å². The molecule has 41 heavy (non-hydrogen) atoms. The fourth-order valence-electron chi connectivity index (χ4n) is 3.73. The number of para-hydroxylation sites is 1. The Balaban J connectivity index is 0.000000745. The smallest absolute Gasteiger partial charge is 0.475 e. The minimum atomic E-state index is -5.08. The molecule has 3 rings (SSSR count). The van der Waals surface area contributed by atoms with Gasteiger partial charge in [0.1, 0.15) is 0 Å². The molecule has 3 aromatic rings. The maximum Gasteiger partial charge on any atom is 0.490 e. The van der Waals surface area contributed by atoms with Crippen molar-refractivity contribution >= 4 is 17.7 Å². The standard InChI is InChI=1S/C29H38N4O.C2HF3O2/c1-23(2)20-30-21-24-10-8-12-26(18-24)27-13-9-11-25(19-27)22-33(17-16-32(3)4)29(34)31-28-14-6-5-7-15-28;3-2(4,5)1(6)7/h5-15,18-19,23,30H,16-17,20-22H2,1-4H3,(H,31,34);(H,6,7). The number of hydrogen-bond acceptors (Lipinski definition) is 4. The molecule has 0 saturated heterocycles. The van der Waals surface area contributed by atoms with Crippen molar-refractivity contribution in [1.82, 2.24) is 15.1 Å². The number of halogens is 3. The molecule has 2 amide bonds. The molecule has 3 aromatic carbocycles. The Morgan fingerprint density at radius 3 is 1.95 bits per heavy atom. The predicted octanol–water partition coefficient (Wildman–Crippen LogP) is 6.33. The van der Waals surface area contributed by atoms with E-state index >= 15 is 0 Å². The first kappa shape index (κ1) is 33.3. The van der Waals surface area contributed by atoms with E-state index in [9.17, 15) is 18.0 Å². The van der Waals surface area contributed by atoms with Crippen molar-refractivity contribution in [2.45, 2.75) is 33.1 Å². The second-order valence-corrected chi connectivity index (χ2v) is 10.2. The zero-order chi connectivity index (χ0) is 30.4. The Bertz CT molecular complexity index is 1230. The normalized spacial score (nSPS) is 11.1. The van der Waals surface area contributed by atoms with E-state index in [-0.39, 0.29) is 6.03 Å². The maximum atomic E-state index is 13.1. The lowest BCUT2D eigenvalue weighted by atomic mass is 10.0. The number of carboxylic acid groups (broad SMARTS) is 1. The van der Waals surface area contributed by atoms with Gasteiger partial charge in [0.2, 0.25) is 0 Å². The summed E-state index contributed by atoms with van der Waals surface area (Å²) in [5, 5.41) is 13.7. The molecule has 222 valence electrons. The number of carboxylic acids is 1. The molecule has 0 aromatic heterocycles. The van der Waals surface area contributed by atoms with Gasteiger partial charge < -0.3 is 25.5 Å². The number of alkyl halides is 3. The van der Waals surface area contributed by atoms with Crippen molar-refractivity contribution in [3.8, 4) is 11.1 Å². The number of nitrogens with zero attached hydrogens (tertiary/aromatic N) is 2. The van der Waals surface area contributed by atoms with Gasteiger partial charge in [-0.05, 0) is 73.1 Å². The van der Waals surface area contributed by atoms with Gasteiger partial charge in [0.15, 0.2) is 0 Å². The number of benzene rings is 3. The molecule has 0 heterocycles. The summed E-state index contributed by atoms with van der Waals surface area (Å²) in [4.78, 5) is 25.9. The summed E-state index contributed by atoms with van der Waals surface area (Å²) in [6.07, 6.45) is -5.08. The molecule has 0 spiro atoms.